The Kier molecular flexibility index (Phi) is 3.94. The van der Waals surface area contributed by atoms with Crippen molar-refractivity contribution in [3.8, 4) is 0 Å². The van der Waals surface area contributed by atoms with E-state index in [1.807, 2.05) is 0 Å². The van der Waals surface area contributed by atoms with Gasteiger partial charge in [-0.05, 0) is 65.9 Å². The molecule has 22 heavy (non-hydrogen) atoms. The van der Waals surface area contributed by atoms with E-state index in [-0.39, 0.29) is 5.41 Å². The van der Waals surface area contributed by atoms with Crippen LogP contribution in [0.2, 0.25) is 0 Å². The monoisotopic (exact) mass is 298 g/mol. The van der Waals surface area contributed by atoms with Gasteiger partial charge in [0.15, 0.2) is 0 Å². The van der Waals surface area contributed by atoms with Gasteiger partial charge in [0.25, 0.3) is 0 Å². The second-order valence-corrected chi connectivity index (χ2v) is 9.17. The zero-order chi connectivity index (χ0) is 16.0. The van der Waals surface area contributed by atoms with Crippen molar-refractivity contribution >= 4 is 0 Å². The van der Waals surface area contributed by atoms with Crippen LogP contribution in [0.5, 0.6) is 0 Å². The molecule has 0 radical (unpaired) electrons. The van der Waals surface area contributed by atoms with Crippen molar-refractivity contribution in [2.45, 2.75) is 85.0 Å². The second-order valence-electron chi connectivity index (χ2n) is 9.17. The van der Waals surface area contributed by atoms with E-state index in [0.717, 1.165) is 5.92 Å². The summed E-state index contributed by atoms with van der Waals surface area (Å²) in [5.74, 6) is 0.806. The first kappa shape index (κ1) is 16.1. The molecule has 0 aromatic heterocycles. The fraction of sp³-hybridized carbons (Fsp3) is 0.727. The fourth-order valence-corrected chi connectivity index (χ4v) is 6.26. The lowest BCUT2D eigenvalue weighted by Gasteiger charge is -2.61. The highest BCUT2D eigenvalue weighted by Crippen LogP contribution is 2.64. The van der Waals surface area contributed by atoms with Crippen LogP contribution < -0.4 is 0 Å². The van der Waals surface area contributed by atoms with E-state index in [0.29, 0.717) is 10.8 Å². The zero-order valence-corrected chi connectivity index (χ0v) is 15.3. The lowest BCUT2D eigenvalue weighted by molar-refractivity contribution is -0.0983. The Bertz CT molecular complexity index is 537. The molecule has 3 atom stereocenters. The van der Waals surface area contributed by atoms with Crippen LogP contribution in [0.1, 0.15) is 83.8 Å². The molecule has 0 heteroatoms. The standard InChI is InChI=1S/C22H34/c1-17-11-6-7-12-18(17)20(2,3)19-13-10-15-21(4)14-8-9-16-22(19,21)5/h6-7,11-12,19H,8-10,13-16H2,1-5H3/t19?,21-,22+/m1/s1. The van der Waals surface area contributed by atoms with Crippen molar-refractivity contribution in [3.63, 3.8) is 0 Å². The molecule has 3 rings (SSSR count). The lowest BCUT2D eigenvalue weighted by atomic mass is 9.43. The number of hydrogen-bond donors (Lipinski definition) is 0. The molecular formula is C22H34. The van der Waals surface area contributed by atoms with Gasteiger partial charge in [0.05, 0.1) is 0 Å². The smallest absolute Gasteiger partial charge is 0.00673 e. The van der Waals surface area contributed by atoms with Gasteiger partial charge in [-0.15, -0.1) is 0 Å². The SMILES string of the molecule is Cc1ccccc1C(C)(C)C1CCC[C@@]2(C)CCCC[C@@]12C. The first-order valence-electron chi connectivity index (χ1n) is 9.37. The first-order valence-corrected chi connectivity index (χ1v) is 9.37. The average molecular weight is 299 g/mol. The Morgan fingerprint density at radius 3 is 2.32 bits per heavy atom. The Morgan fingerprint density at radius 1 is 0.955 bits per heavy atom. The molecule has 2 aliphatic carbocycles. The van der Waals surface area contributed by atoms with Crippen molar-refractivity contribution in [2.75, 3.05) is 0 Å². The molecule has 0 N–H and O–H groups in total. The number of benzene rings is 1. The van der Waals surface area contributed by atoms with E-state index >= 15 is 0 Å². The van der Waals surface area contributed by atoms with Crippen LogP contribution in [0, 0.1) is 23.7 Å². The third-order valence-corrected chi connectivity index (χ3v) is 7.75. The van der Waals surface area contributed by atoms with E-state index in [4.69, 9.17) is 0 Å². The molecule has 0 nitrogen and oxygen atoms in total. The summed E-state index contributed by atoms with van der Waals surface area (Å²) in [6.45, 7) is 12.6. The van der Waals surface area contributed by atoms with Gasteiger partial charge in [-0.1, -0.05) is 71.2 Å². The fourth-order valence-electron chi connectivity index (χ4n) is 6.26. The molecule has 2 fully saturated rings. The molecule has 0 saturated heterocycles. The summed E-state index contributed by atoms with van der Waals surface area (Å²) in [5.41, 5.74) is 4.40. The van der Waals surface area contributed by atoms with Crippen molar-refractivity contribution in [1.29, 1.82) is 0 Å². The molecule has 1 aromatic rings. The van der Waals surface area contributed by atoms with Crippen molar-refractivity contribution in [1.82, 2.24) is 0 Å². The molecule has 122 valence electrons. The normalized spacial score (nSPS) is 36.0. The van der Waals surface area contributed by atoms with Gasteiger partial charge in [-0.3, -0.25) is 0 Å². The second kappa shape index (κ2) is 5.39. The summed E-state index contributed by atoms with van der Waals surface area (Å²) in [6, 6.07) is 9.09. The molecular weight excluding hydrogens is 264 g/mol. The summed E-state index contributed by atoms with van der Waals surface area (Å²) >= 11 is 0. The molecule has 0 aliphatic heterocycles. The number of rotatable bonds is 2. The maximum absolute atomic E-state index is 2.63. The summed E-state index contributed by atoms with van der Waals surface area (Å²) in [6.07, 6.45) is 10.0. The van der Waals surface area contributed by atoms with E-state index in [1.54, 1.807) is 5.56 Å². The van der Waals surface area contributed by atoms with Crippen LogP contribution >= 0.6 is 0 Å². The Balaban J connectivity index is 2.04. The van der Waals surface area contributed by atoms with Gasteiger partial charge >= 0.3 is 0 Å². The summed E-state index contributed by atoms with van der Waals surface area (Å²) in [5, 5.41) is 0. The van der Waals surface area contributed by atoms with E-state index < -0.39 is 0 Å². The maximum Gasteiger partial charge on any atom is -0.00673 e. The van der Waals surface area contributed by atoms with Gasteiger partial charge in [0, 0.05) is 0 Å². The van der Waals surface area contributed by atoms with Crippen molar-refractivity contribution < 1.29 is 0 Å². The minimum atomic E-state index is 0.277. The number of aryl methyl sites for hydroxylation is 1. The lowest BCUT2D eigenvalue weighted by Crippen LogP contribution is -2.54. The maximum atomic E-state index is 2.63. The van der Waals surface area contributed by atoms with Crippen LogP contribution in [0.25, 0.3) is 0 Å². The molecule has 1 aromatic carbocycles. The summed E-state index contributed by atoms with van der Waals surface area (Å²) < 4.78 is 0. The average Bonchev–Trinajstić information content (AvgIpc) is 2.47. The predicted molar refractivity (Wildman–Crippen MR) is 96.2 cm³/mol. The van der Waals surface area contributed by atoms with Crippen LogP contribution in [0.15, 0.2) is 24.3 Å². The van der Waals surface area contributed by atoms with Gasteiger partial charge in [-0.25, -0.2) is 0 Å². The van der Waals surface area contributed by atoms with Gasteiger partial charge < -0.3 is 0 Å². The molecule has 0 bridgehead atoms. The topological polar surface area (TPSA) is 0 Å². The Hall–Kier alpha value is -0.780. The minimum Gasteiger partial charge on any atom is -0.0620 e. The highest BCUT2D eigenvalue weighted by Gasteiger charge is 2.56. The van der Waals surface area contributed by atoms with E-state index in [2.05, 4.69) is 58.9 Å². The Labute approximate surface area is 137 Å². The van der Waals surface area contributed by atoms with Crippen LogP contribution in [0.4, 0.5) is 0 Å². The third-order valence-electron chi connectivity index (χ3n) is 7.75. The van der Waals surface area contributed by atoms with E-state index in [9.17, 15) is 0 Å². The Morgan fingerprint density at radius 2 is 1.59 bits per heavy atom. The van der Waals surface area contributed by atoms with Crippen molar-refractivity contribution in [3.05, 3.63) is 35.4 Å². The summed E-state index contributed by atoms with van der Waals surface area (Å²) in [4.78, 5) is 0. The first-order chi connectivity index (χ1) is 10.3. The minimum absolute atomic E-state index is 0.277. The highest BCUT2D eigenvalue weighted by atomic mass is 14.6. The van der Waals surface area contributed by atoms with Gasteiger partial charge in [0.2, 0.25) is 0 Å². The molecule has 0 amide bonds. The molecule has 0 heterocycles. The zero-order valence-electron chi connectivity index (χ0n) is 15.3. The number of fused-ring (bicyclic) bond motifs is 1. The third kappa shape index (κ3) is 2.25. The molecule has 2 aliphatic rings. The van der Waals surface area contributed by atoms with Gasteiger partial charge in [-0.2, -0.15) is 0 Å². The van der Waals surface area contributed by atoms with Crippen molar-refractivity contribution in [2.24, 2.45) is 16.7 Å². The largest absolute Gasteiger partial charge is 0.0620 e. The number of hydrogen-bond acceptors (Lipinski definition) is 0. The molecule has 0 spiro atoms. The summed E-state index contributed by atoms with van der Waals surface area (Å²) in [7, 11) is 0. The van der Waals surface area contributed by atoms with Crippen LogP contribution in [-0.4, -0.2) is 0 Å². The molecule has 1 unspecified atom stereocenters. The van der Waals surface area contributed by atoms with Gasteiger partial charge in [0.1, 0.15) is 0 Å². The quantitative estimate of drug-likeness (QED) is 0.572. The predicted octanol–water partition coefficient (Wildman–Crippen LogP) is 6.66. The van der Waals surface area contributed by atoms with Crippen LogP contribution in [-0.2, 0) is 5.41 Å². The van der Waals surface area contributed by atoms with E-state index in [1.165, 1.54) is 50.5 Å². The molecule has 2 saturated carbocycles. The van der Waals surface area contributed by atoms with Crippen LogP contribution in [0.3, 0.4) is 0 Å². The highest BCUT2D eigenvalue weighted by molar-refractivity contribution is 5.34.